The van der Waals surface area contributed by atoms with Gasteiger partial charge >= 0.3 is 0 Å². The van der Waals surface area contributed by atoms with Gasteiger partial charge in [-0.15, -0.1) is 0 Å². The minimum absolute atomic E-state index is 0.316. The molecule has 1 fully saturated rings. The van der Waals surface area contributed by atoms with E-state index in [1.165, 1.54) is 5.42 Å². The monoisotopic (exact) mass is 162 g/mol. The molecule has 1 aromatic carbocycles. The van der Waals surface area contributed by atoms with Gasteiger partial charge in [-0.05, 0) is 18.6 Å². The third-order valence-electron chi connectivity index (χ3n) is 1.94. The van der Waals surface area contributed by atoms with Crippen molar-refractivity contribution in [3.63, 3.8) is 0 Å². The summed E-state index contributed by atoms with van der Waals surface area (Å²) in [5.74, 6) is 0. The summed E-state index contributed by atoms with van der Waals surface area (Å²) in [6, 6.07) is 9.69. The van der Waals surface area contributed by atoms with Crippen LogP contribution in [0.4, 0.5) is 5.69 Å². The van der Waals surface area contributed by atoms with Crippen LogP contribution >= 0.6 is 0 Å². The van der Waals surface area contributed by atoms with E-state index in [1.54, 1.807) is 4.92 Å². The van der Waals surface area contributed by atoms with E-state index in [0.29, 0.717) is 6.54 Å². The first kappa shape index (κ1) is 5.65. The average Bonchev–Trinajstić information content (AvgIpc) is 2.19. The molecular formula is C9H13BN2. The molecule has 1 aromatic rings. The first-order valence-electron chi connectivity index (χ1n) is 5.34. The molecule has 0 spiro atoms. The van der Waals surface area contributed by atoms with E-state index in [1.807, 2.05) is 30.3 Å². The topological polar surface area (TPSA) is 15.3 Å². The molecule has 0 atom stereocenters. The van der Waals surface area contributed by atoms with Gasteiger partial charge in [-0.1, -0.05) is 24.5 Å². The Hall–Kier alpha value is -0.955. The molecule has 1 heterocycles. The van der Waals surface area contributed by atoms with E-state index in [2.05, 4.69) is 0 Å². The number of hydrogen-bond acceptors (Lipinski definition) is 2. The van der Waals surface area contributed by atoms with Gasteiger partial charge in [0.05, 0.1) is 0 Å². The molecule has 0 radical (unpaired) electrons. The molecule has 0 saturated carbocycles. The fourth-order valence-electron chi connectivity index (χ4n) is 1.31. The molecule has 0 amide bonds. The molecule has 62 valence electrons. The first-order valence-corrected chi connectivity index (χ1v) is 4.32. The fourth-order valence-corrected chi connectivity index (χ4v) is 1.31. The summed E-state index contributed by atoms with van der Waals surface area (Å²) in [7, 11) is -0.316. The van der Waals surface area contributed by atoms with Gasteiger partial charge in [0.15, 0.2) is 0 Å². The molecule has 0 unspecified atom stereocenters. The van der Waals surface area contributed by atoms with E-state index in [0.717, 1.165) is 18.4 Å². The molecular weight excluding hydrogens is 147 g/mol. The number of hydrogen-bond donors (Lipinski definition) is 1. The highest BCUT2D eigenvalue weighted by molar-refractivity contribution is 6.41. The van der Waals surface area contributed by atoms with Gasteiger partial charge in [-0.3, -0.25) is 0 Å². The Bertz CT molecular complexity index is 286. The van der Waals surface area contributed by atoms with Gasteiger partial charge in [0.2, 0.25) is 0 Å². The average molecular weight is 162 g/mol. The Morgan fingerprint density at radius 3 is 3.08 bits per heavy atom. The number of nitrogens with one attached hydrogen (secondary N) is 1. The van der Waals surface area contributed by atoms with E-state index in [9.17, 15) is 0 Å². The Kier molecular flexibility index (Phi) is 1.71. The van der Waals surface area contributed by atoms with Gasteiger partial charge in [-0.25, -0.2) is 5.42 Å². The van der Waals surface area contributed by atoms with Crippen molar-refractivity contribution in [1.82, 2.24) is 5.42 Å². The minimum atomic E-state index is -0.316. The van der Waals surface area contributed by atoms with Crippen LogP contribution in [0.1, 0.15) is 6.42 Å². The van der Waals surface area contributed by atoms with E-state index in [-0.39, 0.29) is 7.38 Å². The largest absolute Gasteiger partial charge is 0.357 e. The lowest BCUT2D eigenvalue weighted by atomic mass is 9.83. The van der Waals surface area contributed by atoms with Crippen molar-refractivity contribution < 1.29 is 1.41 Å². The third-order valence-corrected chi connectivity index (χ3v) is 1.94. The van der Waals surface area contributed by atoms with E-state index in [4.69, 9.17) is 2.75 Å². The molecule has 2 nitrogen and oxygen atoms in total. The van der Waals surface area contributed by atoms with Crippen LogP contribution in [0.25, 0.3) is 0 Å². The highest BCUT2D eigenvalue weighted by Crippen LogP contribution is 2.12. The second-order valence-electron chi connectivity index (χ2n) is 2.87. The first-order chi connectivity index (χ1) is 6.79. The lowest BCUT2D eigenvalue weighted by molar-refractivity contribution is 0.675. The number of nitrogens with zero attached hydrogens (tertiary/aromatic N) is 1. The highest BCUT2D eigenvalue weighted by Gasteiger charge is 2.10. The quantitative estimate of drug-likeness (QED) is 0.623. The zero-order chi connectivity index (χ0) is 9.97. The normalized spacial score (nSPS) is 22.0. The summed E-state index contributed by atoms with van der Waals surface area (Å²) in [5.41, 5.74) is 2.32. The van der Waals surface area contributed by atoms with Gasteiger partial charge in [0.25, 0.3) is 7.38 Å². The lowest BCUT2D eigenvalue weighted by Crippen LogP contribution is -2.45. The van der Waals surface area contributed by atoms with Crippen LogP contribution in [0.5, 0.6) is 0 Å². The summed E-state index contributed by atoms with van der Waals surface area (Å²) in [6.45, 7) is 0.713. The maximum absolute atomic E-state index is 7.86. The van der Waals surface area contributed by atoms with Gasteiger partial charge < -0.3 is 4.92 Å². The molecule has 12 heavy (non-hydrogen) atoms. The standard InChI is InChI=1S/C9H13BN2/c1-2-5-9(6-3-1)12-10-7-4-8-11-12/h1-3,5-6,10-11H,4,7-8H2/i10D/hD. The van der Waals surface area contributed by atoms with Crippen molar-refractivity contribution in [1.29, 1.82) is 1.34 Å². The Balaban J connectivity index is 2.23. The van der Waals surface area contributed by atoms with Crippen LogP contribution in [0.15, 0.2) is 30.3 Å². The zero-order valence-electron chi connectivity index (χ0n) is 8.98. The van der Waals surface area contributed by atoms with Crippen LogP contribution in [0.3, 0.4) is 0 Å². The zero-order valence-corrected chi connectivity index (χ0v) is 6.98. The summed E-state index contributed by atoms with van der Waals surface area (Å²) in [6.07, 6.45) is 1.77. The number of hydrazine groups is 1. The van der Waals surface area contributed by atoms with Gasteiger partial charge in [0.1, 0.15) is 1.41 Å². The Morgan fingerprint density at radius 1 is 1.50 bits per heavy atom. The van der Waals surface area contributed by atoms with Crippen LogP contribution in [-0.2, 0) is 0 Å². The van der Waals surface area contributed by atoms with Gasteiger partial charge in [-0.2, -0.15) is 0 Å². The molecule has 3 heteroatoms. The van der Waals surface area contributed by atoms with E-state index < -0.39 is 0 Å². The second-order valence-corrected chi connectivity index (χ2v) is 2.87. The van der Waals surface area contributed by atoms with Crippen LogP contribution < -0.4 is 10.3 Å². The maximum Gasteiger partial charge on any atom is 0.257 e. The second kappa shape index (κ2) is 3.63. The maximum atomic E-state index is 7.86. The predicted octanol–water partition coefficient (Wildman–Crippen LogP) is 1.17. The van der Waals surface area contributed by atoms with Crippen molar-refractivity contribution in [2.24, 2.45) is 0 Å². The van der Waals surface area contributed by atoms with Crippen molar-refractivity contribution >= 4 is 13.1 Å². The van der Waals surface area contributed by atoms with Crippen molar-refractivity contribution in [3.8, 4) is 0 Å². The number of benzene rings is 1. The van der Waals surface area contributed by atoms with Crippen molar-refractivity contribution in [3.05, 3.63) is 30.3 Å². The Labute approximate surface area is 76.6 Å². The molecule has 0 aromatic heterocycles. The number of anilines is 1. The molecule has 1 N–H and O–H groups in total. The summed E-state index contributed by atoms with van der Waals surface area (Å²) in [4.78, 5) is 1.73. The molecule has 1 saturated heterocycles. The SMILES string of the molecule is [2H]B1CCCN([2H])N1c1ccccc1. The molecule has 1 aliphatic heterocycles. The lowest BCUT2D eigenvalue weighted by Gasteiger charge is -2.29. The van der Waals surface area contributed by atoms with Crippen molar-refractivity contribution in [2.75, 3.05) is 11.5 Å². The van der Waals surface area contributed by atoms with E-state index >= 15 is 0 Å². The fraction of sp³-hybridized carbons (Fsp3) is 0.333. The molecule has 2 rings (SSSR count). The Morgan fingerprint density at radius 2 is 2.33 bits per heavy atom. The van der Waals surface area contributed by atoms with Crippen LogP contribution in [0, 0.1) is 0 Å². The van der Waals surface area contributed by atoms with Crippen LogP contribution in [-0.4, -0.2) is 15.3 Å². The number of rotatable bonds is 1. The molecule has 0 aliphatic carbocycles. The minimum Gasteiger partial charge on any atom is -0.357 e. The molecule has 0 bridgehead atoms. The van der Waals surface area contributed by atoms with Crippen molar-refractivity contribution in [2.45, 2.75) is 12.7 Å². The summed E-state index contributed by atoms with van der Waals surface area (Å²) < 4.78 is 15.6. The summed E-state index contributed by atoms with van der Waals surface area (Å²) in [5, 5.41) is 0. The summed E-state index contributed by atoms with van der Waals surface area (Å²) >= 11 is 0. The highest BCUT2D eigenvalue weighted by atomic mass is 15.5. The smallest absolute Gasteiger partial charge is 0.257 e. The molecule has 1 aliphatic rings. The van der Waals surface area contributed by atoms with Crippen LogP contribution in [0.2, 0.25) is 7.73 Å². The predicted molar refractivity (Wildman–Crippen MR) is 53.5 cm³/mol. The third kappa shape index (κ3) is 1.61. The van der Waals surface area contributed by atoms with Gasteiger partial charge in [0, 0.05) is 13.6 Å². The number of para-hydroxylation sites is 1.